The van der Waals surface area contributed by atoms with Crippen LogP contribution >= 0.6 is 0 Å². The van der Waals surface area contributed by atoms with Gasteiger partial charge in [-0.05, 0) is 62.0 Å². The molecule has 31 heavy (non-hydrogen) atoms. The number of fused-ring (bicyclic) bond motifs is 2. The summed E-state index contributed by atoms with van der Waals surface area (Å²) in [6, 6.07) is 3.54. The molecule has 2 atom stereocenters. The molecule has 1 saturated carbocycles. The number of piperidine rings is 1. The van der Waals surface area contributed by atoms with E-state index in [0.29, 0.717) is 31.7 Å². The molecule has 4 aliphatic rings. The summed E-state index contributed by atoms with van der Waals surface area (Å²) >= 11 is 0. The smallest absolute Gasteiger partial charge is 0.253 e. The topological polar surface area (TPSA) is 73.8 Å². The molecule has 166 valence electrons. The summed E-state index contributed by atoms with van der Waals surface area (Å²) in [5, 5.41) is 0. The van der Waals surface area contributed by atoms with Crippen molar-refractivity contribution in [3.8, 4) is 0 Å². The minimum absolute atomic E-state index is 0.0502. The number of nitrogens with zero attached hydrogens (tertiary/aromatic N) is 4. The number of amides is 3. The average molecular weight is 425 g/mol. The first kappa shape index (κ1) is 20.5. The molecule has 7 nitrogen and oxygen atoms in total. The number of pyridine rings is 1. The van der Waals surface area contributed by atoms with Crippen LogP contribution in [0.15, 0.2) is 24.5 Å². The van der Waals surface area contributed by atoms with Gasteiger partial charge in [0.15, 0.2) is 0 Å². The molecule has 0 radical (unpaired) electrons. The van der Waals surface area contributed by atoms with Gasteiger partial charge >= 0.3 is 0 Å². The molecule has 4 fully saturated rings. The SMILES string of the molecule is CC(=O)N1C[C@H]2C3(CCN(C(=O)c4ccncc4)CC3)CC[C@@]2(C(=O)N2CCCC2)C1. The molecule has 0 unspecified atom stereocenters. The van der Waals surface area contributed by atoms with E-state index in [1.165, 1.54) is 0 Å². The van der Waals surface area contributed by atoms with Gasteiger partial charge in [-0.3, -0.25) is 19.4 Å². The molecule has 1 aliphatic carbocycles. The molecule has 0 aromatic carbocycles. The van der Waals surface area contributed by atoms with Crippen molar-refractivity contribution < 1.29 is 14.4 Å². The molecule has 1 spiro atoms. The molecule has 1 aromatic rings. The van der Waals surface area contributed by atoms with Crippen LogP contribution in [0.2, 0.25) is 0 Å². The lowest BCUT2D eigenvalue weighted by Crippen LogP contribution is -2.50. The van der Waals surface area contributed by atoms with Crippen LogP contribution in [-0.4, -0.2) is 76.7 Å². The molecule has 0 bridgehead atoms. The fraction of sp³-hybridized carbons (Fsp3) is 0.667. The van der Waals surface area contributed by atoms with Gasteiger partial charge in [-0.2, -0.15) is 0 Å². The summed E-state index contributed by atoms with van der Waals surface area (Å²) < 4.78 is 0. The maximum atomic E-state index is 13.7. The molecular weight excluding hydrogens is 392 g/mol. The first-order valence-electron chi connectivity index (χ1n) is 11.7. The highest BCUT2D eigenvalue weighted by Crippen LogP contribution is 2.62. The number of carbonyl (C=O) groups is 3. The normalized spacial score (nSPS) is 29.5. The average Bonchev–Trinajstić information content (AvgIpc) is 3.52. The Morgan fingerprint density at radius 1 is 0.903 bits per heavy atom. The van der Waals surface area contributed by atoms with E-state index in [9.17, 15) is 14.4 Å². The number of likely N-dealkylation sites (tertiary alicyclic amines) is 3. The second-order valence-corrected chi connectivity index (χ2v) is 10.00. The van der Waals surface area contributed by atoms with Gasteiger partial charge in [0.2, 0.25) is 11.8 Å². The Kier molecular flexibility index (Phi) is 5.02. The third-order valence-corrected chi connectivity index (χ3v) is 8.59. The van der Waals surface area contributed by atoms with E-state index >= 15 is 0 Å². The highest BCUT2D eigenvalue weighted by Gasteiger charge is 2.65. The number of hydrogen-bond acceptors (Lipinski definition) is 4. The molecule has 3 saturated heterocycles. The monoisotopic (exact) mass is 424 g/mol. The Labute approximate surface area is 183 Å². The minimum atomic E-state index is -0.423. The summed E-state index contributed by atoms with van der Waals surface area (Å²) in [6.45, 7) is 6.02. The summed E-state index contributed by atoms with van der Waals surface area (Å²) in [6.07, 6.45) is 9.20. The zero-order valence-corrected chi connectivity index (χ0v) is 18.4. The molecular formula is C24H32N4O3. The molecule has 5 rings (SSSR count). The van der Waals surface area contributed by atoms with Gasteiger partial charge in [0, 0.05) is 64.1 Å². The lowest BCUT2D eigenvalue weighted by atomic mass is 9.65. The number of rotatable bonds is 2. The Hall–Kier alpha value is -2.44. The van der Waals surface area contributed by atoms with Crippen molar-refractivity contribution in [3.63, 3.8) is 0 Å². The fourth-order valence-corrected chi connectivity index (χ4v) is 6.82. The van der Waals surface area contributed by atoms with Crippen LogP contribution < -0.4 is 0 Å². The Morgan fingerprint density at radius 2 is 1.58 bits per heavy atom. The van der Waals surface area contributed by atoms with Gasteiger partial charge in [-0.25, -0.2) is 0 Å². The van der Waals surface area contributed by atoms with Gasteiger partial charge in [0.1, 0.15) is 0 Å². The zero-order valence-electron chi connectivity index (χ0n) is 18.4. The quantitative estimate of drug-likeness (QED) is 0.730. The van der Waals surface area contributed by atoms with Gasteiger partial charge in [-0.1, -0.05) is 0 Å². The standard InChI is InChI=1S/C24H32N4O3/c1-18(29)28-16-20-23(6-7-24(20,17-28)22(31)27-12-2-3-13-27)8-14-26(15-9-23)21(30)19-4-10-25-11-5-19/h4-5,10-11,20H,2-3,6-9,12-17H2,1H3/t20-,24+/m0/s1. The van der Waals surface area contributed by atoms with E-state index in [-0.39, 0.29) is 29.1 Å². The van der Waals surface area contributed by atoms with Gasteiger partial charge in [-0.15, -0.1) is 0 Å². The van der Waals surface area contributed by atoms with E-state index < -0.39 is 5.41 Å². The molecule has 4 heterocycles. The van der Waals surface area contributed by atoms with Crippen LogP contribution in [0.5, 0.6) is 0 Å². The highest BCUT2D eigenvalue weighted by atomic mass is 16.2. The summed E-state index contributed by atoms with van der Waals surface area (Å²) in [5.74, 6) is 0.621. The molecule has 0 N–H and O–H groups in total. The molecule has 1 aromatic heterocycles. The summed E-state index contributed by atoms with van der Waals surface area (Å²) in [7, 11) is 0. The predicted octanol–water partition coefficient (Wildman–Crippen LogP) is 2.18. The van der Waals surface area contributed by atoms with Gasteiger partial charge < -0.3 is 14.7 Å². The third-order valence-electron chi connectivity index (χ3n) is 8.59. The Morgan fingerprint density at radius 3 is 2.23 bits per heavy atom. The van der Waals surface area contributed by atoms with Crippen molar-refractivity contribution in [2.45, 2.75) is 45.4 Å². The van der Waals surface area contributed by atoms with E-state index in [0.717, 1.165) is 51.6 Å². The van der Waals surface area contributed by atoms with Crippen LogP contribution in [0.25, 0.3) is 0 Å². The first-order valence-corrected chi connectivity index (χ1v) is 11.7. The van der Waals surface area contributed by atoms with Crippen LogP contribution in [-0.2, 0) is 9.59 Å². The number of aromatic nitrogens is 1. The largest absolute Gasteiger partial charge is 0.342 e. The molecule has 7 heteroatoms. The van der Waals surface area contributed by atoms with Gasteiger partial charge in [0.25, 0.3) is 5.91 Å². The maximum Gasteiger partial charge on any atom is 0.253 e. The molecule has 3 amide bonds. The van der Waals surface area contributed by atoms with Gasteiger partial charge in [0.05, 0.1) is 5.41 Å². The second-order valence-electron chi connectivity index (χ2n) is 10.00. The van der Waals surface area contributed by atoms with Crippen LogP contribution in [0.4, 0.5) is 0 Å². The third kappa shape index (κ3) is 3.24. The fourth-order valence-electron chi connectivity index (χ4n) is 6.82. The van der Waals surface area contributed by atoms with E-state index in [1.54, 1.807) is 31.5 Å². The summed E-state index contributed by atoms with van der Waals surface area (Å²) in [4.78, 5) is 48.8. The lowest BCUT2D eigenvalue weighted by Gasteiger charge is -2.44. The van der Waals surface area contributed by atoms with Crippen molar-refractivity contribution in [1.29, 1.82) is 0 Å². The lowest BCUT2D eigenvalue weighted by molar-refractivity contribution is -0.143. The predicted molar refractivity (Wildman–Crippen MR) is 115 cm³/mol. The number of carbonyl (C=O) groups excluding carboxylic acids is 3. The van der Waals surface area contributed by atoms with Crippen molar-refractivity contribution in [3.05, 3.63) is 30.1 Å². The van der Waals surface area contributed by atoms with Crippen molar-refractivity contribution in [1.82, 2.24) is 19.7 Å². The highest BCUT2D eigenvalue weighted by molar-refractivity contribution is 5.94. The number of hydrogen-bond donors (Lipinski definition) is 0. The van der Waals surface area contributed by atoms with Crippen molar-refractivity contribution >= 4 is 17.7 Å². The van der Waals surface area contributed by atoms with E-state index in [4.69, 9.17) is 0 Å². The Balaban J connectivity index is 1.36. The van der Waals surface area contributed by atoms with Crippen LogP contribution in [0.1, 0.15) is 55.8 Å². The van der Waals surface area contributed by atoms with Crippen molar-refractivity contribution in [2.24, 2.45) is 16.7 Å². The minimum Gasteiger partial charge on any atom is -0.342 e. The summed E-state index contributed by atoms with van der Waals surface area (Å²) in [5.41, 5.74) is 0.307. The molecule has 3 aliphatic heterocycles. The maximum absolute atomic E-state index is 13.7. The second kappa shape index (κ2) is 7.61. The van der Waals surface area contributed by atoms with E-state index in [2.05, 4.69) is 9.88 Å². The van der Waals surface area contributed by atoms with Crippen LogP contribution in [0, 0.1) is 16.7 Å². The first-order chi connectivity index (χ1) is 15.0. The van der Waals surface area contributed by atoms with E-state index in [1.807, 2.05) is 9.80 Å². The zero-order chi connectivity index (χ0) is 21.6. The van der Waals surface area contributed by atoms with Crippen LogP contribution in [0.3, 0.4) is 0 Å². The van der Waals surface area contributed by atoms with Crippen molar-refractivity contribution in [2.75, 3.05) is 39.3 Å². The Bertz CT molecular complexity index is 874.